The minimum absolute atomic E-state index is 0.0970. The zero-order valence-corrected chi connectivity index (χ0v) is 42.0. The number of hydrogen-bond donors (Lipinski definition) is 0. The minimum Gasteiger partial charge on any atom is -0.462 e. The summed E-state index contributed by atoms with van der Waals surface area (Å²) in [5.41, 5.74) is 0. The molecule has 0 rings (SSSR count). The molecule has 0 spiro atoms. The number of carbonyl (C=O) groups is 3. The number of unbranched alkanes of at least 4 members (excludes halogenated alkanes) is 26. The van der Waals surface area contributed by atoms with Crippen molar-refractivity contribution in [2.24, 2.45) is 0 Å². The maximum absolute atomic E-state index is 12.7. The fourth-order valence-electron chi connectivity index (χ4n) is 7.46. The molecule has 0 N–H and O–H groups in total. The van der Waals surface area contributed by atoms with Crippen LogP contribution in [-0.4, -0.2) is 37.2 Å². The molecule has 64 heavy (non-hydrogen) atoms. The summed E-state index contributed by atoms with van der Waals surface area (Å²) in [5.74, 6) is -1.05. The van der Waals surface area contributed by atoms with Crippen LogP contribution >= 0.6 is 0 Å². The van der Waals surface area contributed by atoms with Crippen LogP contribution in [0.3, 0.4) is 0 Å². The van der Waals surface area contributed by atoms with Gasteiger partial charge in [0.15, 0.2) is 6.10 Å². The zero-order chi connectivity index (χ0) is 46.5. The van der Waals surface area contributed by atoms with Gasteiger partial charge in [-0.05, 0) is 64.2 Å². The first-order valence-corrected chi connectivity index (χ1v) is 26.9. The van der Waals surface area contributed by atoms with E-state index in [2.05, 4.69) is 81.5 Å². The molecule has 6 nitrogen and oxygen atoms in total. The molecule has 0 aliphatic rings. The van der Waals surface area contributed by atoms with E-state index in [0.717, 1.165) is 89.9 Å². The van der Waals surface area contributed by atoms with Gasteiger partial charge in [0.2, 0.25) is 0 Å². The Balaban J connectivity index is 4.36. The average molecular weight is 893 g/mol. The van der Waals surface area contributed by atoms with Crippen molar-refractivity contribution in [1.82, 2.24) is 0 Å². The molecule has 0 aromatic carbocycles. The van der Waals surface area contributed by atoms with E-state index in [0.29, 0.717) is 12.8 Å². The average Bonchev–Trinajstić information content (AvgIpc) is 3.29. The molecule has 0 aliphatic carbocycles. The molecule has 6 heteroatoms. The summed E-state index contributed by atoms with van der Waals surface area (Å²) in [5, 5.41) is 0. The molecule has 0 bridgehead atoms. The second-order valence-corrected chi connectivity index (χ2v) is 17.8. The highest BCUT2D eigenvalue weighted by atomic mass is 16.6. The first-order valence-electron chi connectivity index (χ1n) is 26.9. The van der Waals surface area contributed by atoms with Gasteiger partial charge in [-0.25, -0.2) is 0 Å². The largest absolute Gasteiger partial charge is 0.462 e. The molecule has 368 valence electrons. The summed E-state index contributed by atoms with van der Waals surface area (Å²) in [6.45, 7) is 6.38. The van der Waals surface area contributed by atoms with Gasteiger partial charge < -0.3 is 14.2 Å². The van der Waals surface area contributed by atoms with E-state index in [1.807, 2.05) is 6.08 Å². The van der Waals surface area contributed by atoms with Gasteiger partial charge in [-0.1, -0.05) is 248 Å². The molecule has 0 aromatic heterocycles. The van der Waals surface area contributed by atoms with E-state index >= 15 is 0 Å². The van der Waals surface area contributed by atoms with Crippen LogP contribution in [0.5, 0.6) is 0 Å². The summed E-state index contributed by atoms with van der Waals surface area (Å²) < 4.78 is 16.7. The van der Waals surface area contributed by atoms with Crippen molar-refractivity contribution in [3.8, 4) is 0 Å². The number of allylic oxidation sites excluding steroid dienone is 11. The number of ether oxygens (including phenoxy) is 3. The first-order chi connectivity index (χ1) is 31.5. The third-order valence-corrected chi connectivity index (χ3v) is 11.5. The lowest BCUT2D eigenvalue weighted by atomic mass is 10.0. The molecule has 0 saturated carbocycles. The first kappa shape index (κ1) is 60.9. The highest BCUT2D eigenvalue weighted by Gasteiger charge is 2.19. The van der Waals surface area contributed by atoms with Crippen molar-refractivity contribution in [1.29, 1.82) is 0 Å². The van der Waals surface area contributed by atoms with Crippen LogP contribution in [0.15, 0.2) is 72.9 Å². The summed E-state index contributed by atoms with van der Waals surface area (Å²) in [6.07, 6.45) is 66.5. The van der Waals surface area contributed by atoms with Gasteiger partial charge in [0.25, 0.3) is 0 Å². The van der Waals surface area contributed by atoms with Crippen LogP contribution in [0.1, 0.15) is 258 Å². The Kier molecular flexibility index (Phi) is 49.9. The number of carbonyl (C=O) groups excluding carboxylic acids is 3. The molecule has 0 aliphatic heterocycles. The molecule has 0 aromatic rings. The van der Waals surface area contributed by atoms with E-state index < -0.39 is 12.1 Å². The van der Waals surface area contributed by atoms with E-state index in [1.165, 1.54) is 128 Å². The zero-order valence-electron chi connectivity index (χ0n) is 42.0. The quantitative estimate of drug-likeness (QED) is 0.0262. The predicted octanol–water partition coefficient (Wildman–Crippen LogP) is 17.8. The highest BCUT2D eigenvalue weighted by Crippen LogP contribution is 2.16. The Labute approximate surface area is 395 Å². The van der Waals surface area contributed by atoms with Crippen molar-refractivity contribution in [3.05, 3.63) is 72.9 Å². The monoisotopic (exact) mass is 893 g/mol. The van der Waals surface area contributed by atoms with Gasteiger partial charge in [-0.15, -0.1) is 0 Å². The summed E-state index contributed by atoms with van der Waals surface area (Å²) in [4.78, 5) is 37.9. The minimum atomic E-state index is -0.830. The molecular weight excluding hydrogens is 793 g/mol. The van der Waals surface area contributed by atoms with E-state index in [4.69, 9.17) is 14.2 Å². The fourth-order valence-corrected chi connectivity index (χ4v) is 7.46. The smallest absolute Gasteiger partial charge is 0.310 e. The van der Waals surface area contributed by atoms with Crippen LogP contribution in [0, 0.1) is 0 Å². The maximum Gasteiger partial charge on any atom is 0.310 e. The van der Waals surface area contributed by atoms with Gasteiger partial charge in [-0.2, -0.15) is 0 Å². The standard InChI is InChI=1S/C58H100O6/c1-4-7-10-13-16-19-22-24-26-27-28-29-30-31-33-34-36-39-42-45-48-51-57(60)63-54-55(53-62-56(59)50-47-44-41-38-21-18-15-12-9-6-3)64-58(61)52-49-46-43-40-37-35-32-25-23-20-17-14-11-8-5-2/h8,11-12,15,17,20,25,32,37,40,46,49,55H,4-7,9-10,13-14,16,18-19,21-24,26-31,33-36,38-39,41-45,47-48,50-54H2,1-3H3/b11-8-,15-12-,20-17-,32-25-,40-37-,49-46-. The van der Waals surface area contributed by atoms with Crippen molar-refractivity contribution >= 4 is 17.9 Å². The molecule has 1 unspecified atom stereocenters. The summed E-state index contributed by atoms with van der Waals surface area (Å²) in [7, 11) is 0. The molecular formula is C58H100O6. The third kappa shape index (κ3) is 49.9. The molecule has 0 fully saturated rings. The van der Waals surface area contributed by atoms with Gasteiger partial charge in [0.1, 0.15) is 13.2 Å². The number of hydrogen-bond acceptors (Lipinski definition) is 6. The second-order valence-electron chi connectivity index (χ2n) is 17.8. The van der Waals surface area contributed by atoms with Crippen LogP contribution in [0.25, 0.3) is 0 Å². The molecule has 0 radical (unpaired) electrons. The van der Waals surface area contributed by atoms with Gasteiger partial charge in [-0.3, -0.25) is 14.4 Å². The van der Waals surface area contributed by atoms with Crippen LogP contribution in [0.2, 0.25) is 0 Å². The van der Waals surface area contributed by atoms with Gasteiger partial charge in [0, 0.05) is 12.8 Å². The molecule has 0 amide bonds. The Morgan fingerprint density at radius 1 is 0.344 bits per heavy atom. The van der Waals surface area contributed by atoms with Crippen LogP contribution < -0.4 is 0 Å². The summed E-state index contributed by atoms with van der Waals surface area (Å²) in [6, 6.07) is 0. The Bertz CT molecular complexity index is 1210. The van der Waals surface area contributed by atoms with E-state index in [-0.39, 0.29) is 31.6 Å². The summed E-state index contributed by atoms with van der Waals surface area (Å²) >= 11 is 0. The lowest BCUT2D eigenvalue weighted by molar-refractivity contribution is -0.166. The van der Waals surface area contributed by atoms with Crippen molar-refractivity contribution in [3.63, 3.8) is 0 Å². The SMILES string of the molecule is CC/C=C\C/C=C\C/C=C\C/C=C\C/C=C\CC(=O)OC(COC(=O)CCCCCCC/C=C\CCC)COC(=O)CCCCCCCCCCCCCCCCCCCCCCC. The third-order valence-electron chi connectivity index (χ3n) is 11.5. The molecule has 0 saturated heterocycles. The lowest BCUT2D eigenvalue weighted by Crippen LogP contribution is -2.30. The predicted molar refractivity (Wildman–Crippen MR) is 274 cm³/mol. The van der Waals surface area contributed by atoms with Crippen molar-refractivity contribution < 1.29 is 28.6 Å². The normalized spacial score (nSPS) is 12.6. The Hall–Kier alpha value is -3.15. The number of rotatable bonds is 48. The van der Waals surface area contributed by atoms with Crippen LogP contribution in [-0.2, 0) is 28.6 Å². The number of esters is 3. The van der Waals surface area contributed by atoms with Crippen LogP contribution in [0.4, 0.5) is 0 Å². The van der Waals surface area contributed by atoms with Gasteiger partial charge >= 0.3 is 17.9 Å². The highest BCUT2D eigenvalue weighted by molar-refractivity contribution is 5.72. The topological polar surface area (TPSA) is 78.9 Å². The lowest BCUT2D eigenvalue weighted by Gasteiger charge is -2.18. The van der Waals surface area contributed by atoms with Crippen molar-refractivity contribution in [2.75, 3.05) is 13.2 Å². The molecule has 1 atom stereocenters. The van der Waals surface area contributed by atoms with Crippen molar-refractivity contribution in [2.45, 2.75) is 264 Å². The second kappa shape index (κ2) is 52.5. The maximum atomic E-state index is 12.7. The molecule has 0 heterocycles. The van der Waals surface area contributed by atoms with Gasteiger partial charge in [0.05, 0.1) is 6.42 Å². The van der Waals surface area contributed by atoms with E-state index in [1.54, 1.807) is 6.08 Å². The Morgan fingerprint density at radius 3 is 1.08 bits per heavy atom. The Morgan fingerprint density at radius 2 is 0.688 bits per heavy atom. The fraction of sp³-hybridized carbons (Fsp3) is 0.741. The van der Waals surface area contributed by atoms with E-state index in [9.17, 15) is 14.4 Å².